The van der Waals surface area contributed by atoms with E-state index in [-0.39, 0.29) is 18.9 Å². The summed E-state index contributed by atoms with van der Waals surface area (Å²) in [7, 11) is 4.01. The molecule has 9 heteroatoms. The van der Waals surface area contributed by atoms with Crippen molar-refractivity contribution in [1.29, 1.82) is 0 Å². The maximum atomic E-state index is 14.6. The van der Waals surface area contributed by atoms with Gasteiger partial charge in [-0.1, -0.05) is 101 Å². The fourth-order valence-electron chi connectivity index (χ4n) is 5.94. The maximum absolute atomic E-state index is 14.6. The van der Waals surface area contributed by atoms with Crippen molar-refractivity contribution in [2.24, 2.45) is 4.99 Å². The number of anilines is 1. The third-order valence-corrected chi connectivity index (χ3v) is 9.49. The molecule has 0 unspecified atom stereocenters. The minimum Gasteiger partial charge on any atom is -0.494 e. The van der Waals surface area contributed by atoms with Crippen molar-refractivity contribution < 1.29 is 19.4 Å². The summed E-state index contributed by atoms with van der Waals surface area (Å²) in [6, 6.07) is 41.8. The van der Waals surface area contributed by atoms with E-state index in [1.165, 1.54) is 0 Å². The van der Waals surface area contributed by atoms with Crippen LogP contribution in [0.5, 0.6) is 5.75 Å². The van der Waals surface area contributed by atoms with Gasteiger partial charge in [0.2, 0.25) is 5.90 Å². The molecular weight excluding hydrogens is 692 g/mol. The molecule has 0 aliphatic carbocycles. The predicted octanol–water partition coefficient (Wildman–Crippen LogP) is 7.26. The van der Waals surface area contributed by atoms with Gasteiger partial charge < -0.3 is 19.5 Å². The number of carbonyl (C=O) groups is 1. The highest BCUT2D eigenvalue weighted by Crippen LogP contribution is 2.43. The summed E-state index contributed by atoms with van der Waals surface area (Å²) in [5, 5.41) is 9.13. The Morgan fingerprint density at radius 1 is 0.860 bits per heavy atom. The molecule has 2 atom stereocenters. The monoisotopic (exact) mass is 732 g/mol. The maximum Gasteiger partial charge on any atom is 0.266 e. The van der Waals surface area contributed by atoms with E-state index in [1.807, 2.05) is 122 Å². The first-order valence-electron chi connectivity index (χ1n) is 16.7. The molecule has 5 aromatic rings. The van der Waals surface area contributed by atoms with E-state index in [4.69, 9.17) is 19.6 Å². The topological polar surface area (TPSA) is 95.4 Å². The van der Waals surface area contributed by atoms with Crippen LogP contribution in [0.1, 0.15) is 34.8 Å². The quantitative estimate of drug-likeness (QED) is 0.0822. The molecule has 0 bridgehead atoms. The average molecular weight is 734 g/mol. The van der Waals surface area contributed by atoms with Gasteiger partial charge in [0, 0.05) is 55.8 Å². The van der Waals surface area contributed by atoms with Gasteiger partial charge in [0.15, 0.2) is 11.6 Å². The third kappa shape index (κ3) is 8.08. The van der Waals surface area contributed by atoms with Gasteiger partial charge in [-0.05, 0) is 70.3 Å². The number of benzene rings is 5. The summed E-state index contributed by atoms with van der Waals surface area (Å²) in [6.45, 7) is 0.905. The van der Waals surface area contributed by atoms with Crippen LogP contribution in [0, 0.1) is 0 Å². The summed E-state index contributed by atoms with van der Waals surface area (Å²) in [4.78, 5) is 21.9. The Labute approximate surface area is 301 Å². The van der Waals surface area contributed by atoms with E-state index in [2.05, 4.69) is 51.0 Å². The third-order valence-electron chi connectivity index (χ3n) is 8.72. The van der Waals surface area contributed by atoms with Crippen molar-refractivity contribution in [2.45, 2.75) is 31.0 Å². The smallest absolute Gasteiger partial charge is 0.266 e. The molecule has 6 rings (SSSR count). The molecule has 1 heterocycles. The van der Waals surface area contributed by atoms with Crippen LogP contribution in [-0.4, -0.2) is 49.8 Å². The zero-order valence-corrected chi connectivity index (χ0v) is 29.8. The van der Waals surface area contributed by atoms with Gasteiger partial charge in [-0.15, -0.1) is 0 Å². The molecule has 256 valence electrons. The first kappa shape index (κ1) is 34.9. The second-order valence-electron chi connectivity index (χ2n) is 12.4. The van der Waals surface area contributed by atoms with Crippen LogP contribution >= 0.6 is 15.9 Å². The predicted molar refractivity (Wildman–Crippen MR) is 202 cm³/mol. The number of rotatable bonds is 14. The Morgan fingerprint density at radius 2 is 1.52 bits per heavy atom. The van der Waals surface area contributed by atoms with E-state index < -0.39 is 11.6 Å². The van der Waals surface area contributed by atoms with Crippen LogP contribution < -0.4 is 20.5 Å². The second kappa shape index (κ2) is 16.2. The highest BCUT2D eigenvalue weighted by Gasteiger charge is 2.53. The van der Waals surface area contributed by atoms with Crippen LogP contribution in [-0.2, 0) is 22.5 Å². The molecule has 0 saturated carbocycles. The van der Waals surface area contributed by atoms with Crippen LogP contribution in [0.25, 0.3) is 11.1 Å². The van der Waals surface area contributed by atoms with Crippen LogP contribution in [0.15, 0.2) is 137 Å². The number of aliphatic hydroxyl groups is 1. The van der Waals surface area contributed by atoms with Gasteiger partial charge in [0.1, 0.15) is 5.75 Å². The number of aliphatic imine (C=N–C) groups is 1. The molecule has 0 fully saturated rings. The minimum atomic E-state index is -1.37. The minimum absolute atomic E-state index is 0.0652. The summed E-state index contributed by atoms with van der Waals surface area (Å²) in [5.41, 5.74) is 11.5. The van der Waals surface area contributed by atoms with Gasteiger partial charge in [-0.2, -0.15) is 0 Å². The molecule has 0 radical (unpaired) electrons. The molecule has 3 N–H and O–H groups in total. The second-order valence-corrected chi connectivity index (χ2v) is 13.3. The largest absolute Gasteiger partial charge is 0.494 e. The number of amides is 1. The lowest BCUT2D eigenvalue weighted by atomic mass is 9.82. The Morgan fingerprint density at radius 3 is 2.20 bits per heavy atom. The zero-order chi connectivity index (χ0) is 34.9. The molecule has 1 amide bonds. The fourth-order valence-corrected chi connectivity index (χ4v) is 6.37. The number of hydrogen-bond acceptors (Lipinski definition) is 7. The molecule has 50 heavy (non-hydrogen) atoms. The standard InChI is InChI=1S/C41H41BrN4O4/c1-46(2)35-21-13-29(14-22-35)28-43-45-40(48)41(27-34-11-6-7-12-37(34)42)38(32-17-15-31(16-18-32)30-9-4-3-5-10-30)50-39(44-41)33-19-23-36(24-20-33)49-26-8-25-47/h3-7,9-24,38,43,47H,8,25-28H2,1-2H3,(H,45,48)/t38-,41-/m0/s1. The number of ether oxygens (including phenoxy) is 2. The SMILES string of the molecule is CN(C)c1ccc(CNNC(=O)[C@@]2(Cc3ccccc3Br)N=C(c3ccc(OCCCO)cc3)O[C@H]2c2ccc(-c3ccccc3)cc2)cc1. The van der Waals surface area contributed by atoms with Crippen molar-refractivity contribution in [3.05, 3.63) is 154 Å². The van der Waals surface area contributed by atoms with Crippen LogP contribution in [0.4, 0.5) is 5.69 Å². The summed E-state index contributed by atoms with van der Waals surface area (Å²) in [6.07, 6.45) is 0.0805. The first-order chi connectivity index (χ1) is 24.4. The van der Waals surface area contributed by atoms with Gasteiger partial charge in [0.25, 0.3) is 5.91 Å². The van der Waals surface area contributed by atoms with Crippen LogP contribution in [0.3, 0.4) is 0 Å². The highest BCUT2D eigenvalue weighted by atomic mass is 79.9. The lowest BCUT2D eigenvalue weighted by molar-refractivity contribution is -0.130. The number of halogens is 1. The van der Waals surface area contributed by atoms with E-state index in [1.54, 1.807) is 0 Å². The summed E-state index contributed by atoms with van der Waals surface area (Å²) < 4.78 is 13.4. The Balaban J connectivity index is 1.36. The fraction of sp³-hybridized carbons (Fsp3) is 0.220. The molecule has 1 aliphatic rings. The van der Waals surface area contributed by atoms with Crippen molar-refractivity contribution in [1.82, 2.24) is 10.9 Å². The number of nitrogens with one attached hydrogen (secondary N) is 2. The van der Waals surface area contributed by atoms with Gasteiger partial charge in [-0.25, -0.2) is 10.4 Å². The normalized spacial score (nSPS) is 16.7. The van der Waals surface area contributed by atoms with E-state index >= 15 is 0 Å². The molecule has 8 nitrogen and oxygen atoms in total. The van der Waals surface area contributed by atoms with Crippen LogP contribution in [0.2, 0.25) is 0 Å². The molecule has 0 saturated heterocycles. The van der Waals surface area contributed by atoms with E-state index in [0.29, 0.717) is 31.2 Å². The molecule has 5 aromatic carbocycles. The number of nitrogens with zero attached hydrogens (tertiary/aromatic N) is 2. The summed E-state index contributed by atoms with van der Waals surface area (Å²) >= 11 is 3.71. The van der Waals surface area contributed by atoms with Gasteiger partial charge in [0.05, 0.1) is 6.61 Å². The lowest BCUT2D eigenvalue weighted by Crippen LogP contribution is -2.53. The van der Waals surface area contributed by atoms with Crippen molar-refractivity contribution >= 4 is 33.4 Å². The number of carbonyl (C=O) groups excluding carboxylic acids is 1. The van der Waals surface area contributed by atoms with E-state index in [0.717, 1.165) is 43.5 Å². The Hall–Kier alpha value is -4.96. The Bertz CT molecular complexity index is 1900. The van der Waals surface area contributed by atoms with Crippen molar-refractivity contribution in [3.63, 3.8) is 0 Å². The molecule has 0 spiro atoms. The highest BCUT2D eigenvalue weighted by molar-refractivity contribution is 9.10. The lowest BCUT2D eigenvalue weighted by Gasteiger charge is -2.31. The van der Waals surface area contributed by atoms with Crippen molar-refractivity contribution in [2.75, 3.05) is 32.2 Å². The van der Waals surface area contributed by atoms with Crippen molar-refractivity contribution in [3.8, 4) is 16.9 Å². The first-order valence-corrected chi connectivity index (χ1v) is 17.4. The van der Waals surface area contributed by atoms with Gasteiger partial charge >= 0.3 is 0 Å². The number of hydrazine groups is 1. The summed E-state index contributed by atoms with van der Waals surface area (Å²) in [5.74, 6) is 0.730. The zero-order valence-electron chi connectivity index (χ0n) is 28.2. The number of hydrogen-bond donors (Lipinski definition) is 3. The van der Waals surface area contributed by atoms with E-state index in [9.17, 15) is 4.79 Å². The van der Waals surface area contributed by atoms with Gasteiger partial charge in [-0.3, -0.25) is 10.2 Å². The molecule has 1 aliphatic heterocycles. The molecular formula is C41H41BrN4O4. The Kier molecular flexibility index (Phi) is 11.3. The number of aliphatic hydroxyl groups excluding tert-OH is 1. The average Bonchev–Trinajstić information content (AvgIpc) is 3.54. The molecule has 0 aromatic heterocycles.